The molecule has 0 unspecified atom stereocenters. The van der Waals surface area contributed by atoms with Crippen LogP contribution in [-0.4, -0.2) is 12.0 Å². The SMILES string of the molecule is NC(=O)N[C@H](CC(=O)OCc1cccc(Cl)c1)c1ccc(Cl)cc1. The van der Waals surface area contributed by atoms with Crippen molar-refractivity contribution in [2.24, 2.45) is 5.73 Å². The Morgan fingerprint density at radius 1 is 1.08 bits per heavy atom. The highest BCUT2D eigenvalue weighted by Gasteiger charge is 2.18. The fraction of sp³-hybridized carbons (Fsp3) is 0.176. The van der Waals surface area contributed by atoms with Gasteiger partial charge in [0.25, 0.3) is 0 Å². The van der Waals surface area contributed by atoms with Gasteiger partial charge in [-0.25, -0.2) is 4.79 Å². The molecular weight excluding hydrogens is 351 g/mol. The van der Waals surface area contributed by atoms with E-state index in [1.165, 1.54) is 0 Å². The van der Waals surface area contributed by atoms with Crippen LogP contribution in [0.3, 0.4) is 0 Å². The zero-order valence-electron chi connectivity index (χ0n) is 12.7. The van der Waals surface area contributed by atoms with Crippen molar-refractivity contribution in [1.82, 2.24) is 5.32 Å². The topological polar surface area (TPSA) is 81.4 Å². The Morgan fingerprint density at radius 3 is 2.42 bits per heavy atom. The second-order valence-corrected chi connectivity index (χ2v) is 5.98. The van der Waals surface area contributed by atoms with Gasteiger partial charge in [-0.3, -0.25) is 4.79 Å². The maximum atomic E-state index is 12.1. The van der Waals surface area contributed by atoms with Crippen molar-refractivity contribution in [2.75, 3.05) is 0 Å². The van der Waals surface area contributed by atoms with Crippen LogP contribution in [0, 0.1) is 0 Å². The van der Waals surface area contributed by atoms with E-state index >= 15 is 0 Å². The monoisotopic (exact) mass is 366 g/mol. The standard InChI is InChI=1S/C17H16Cl2N2O3/c18-13-6-4-12(5-7-13)15(21-17(20)23)9-16(22)24-10-11-2-1-3-14(19)8-11/h1-8,15H,9-10H2,(H3,20,21,23)/t15-/m1/s1. The molecule has 0 fully saturated rings. The number of benzene rings is 2. The second kappa shape index (κ2) is 8.57. The fourth-order valence-corrected chi connectivity index (χ4v) is 2.47. The maximum absolute atomic E-state index is 12.1. The van der Waals surface area contributed by atoms with Gasteiger partial charge in [-0.15, -0.1) is 0 Å². The number of esters is 1. The van der Waals surface area contributed by atoms with Crippen molar-refractivity contribution < 1.29 is 14.3 Å². The minimum Gasteiger partial charge on any atom is -0.461 e. The van der Waals surface area contributed by atoms with E-state index in [0.717, 1.165) is 5.56 Å². The second-order valence-electron chi connectivity index (χ2n) is 5.11. The van der Waals surface area contributed by atoms with Crippen molar-refractivity contribution in [3.8, 4) is 0 Å². The number of rotatable bonds is 6. The van der Waals surface area contributed by atoms with Crippen LogP contribution in [0.1, 0.15) is 23.6 Å². The molecule has 0 aliphatic carbocycles. The lowest BCUT2D eigenvalue weighted by Crippen LogP contribution is -2.34. The Labute approximate surface area is 149 Å². The molecule has 0 aromatic heterocycles. The molecule has 0 saturated heterocycles. The number of ether oxygens (including phenoxy) is 1. The van der Waals surface area contributed by atoms with Gasteiger partial charge >= 0.3 is 12.0 Å². The quantitative estimate of drug-likeness (QED) is 0.762. The summed E-state index contributed by atoms with van der Waals surface area (Å²) in [6.07, 6.45) is -0.0505. The summed E-state index contributed by atoms with van der Waals surface area (Å²) in [7, 11) is 0. The number of amides is 2. The first-order valence-corrected chi connectivity index (χ1v) is 7.91. The number of hydrogen-bond acceptors (Lipinski definition) is 3. The molecule has 0 heterocycles. The molecule has 24 heavy (non-hydrogen) atoms. The van der Waals surface area contributed by atoms with Gasteiger partial charge in [-0.2, -0.15) is 0 Å². The van der Waals surface area contributed by atoms with Crippen LogP contribution in [0.5, 0.6) is 0 Å². The smallest absolute Gasteiger partial charge is 0.312 e. The van der Waals surface area contributed by atoms with E-state index in [1.807, 2.05) is 0 Å². The number of nitrogens with two attached hydrogens (primary N) is 1. The molecule has 0 saturated carbocycles. The van der Waals surface area contributed by atoms with Crippen LogP contribution in [0.4, 0.5) is 4.79 Å². The van der Waals surface area contributed by atoms with E-state index in [9.17, 15) is 9.59 Å². The predicted octanol–water partition coefficient (Wildman–Crippen LogP) is 3.84. The van der Waals surface area contributed by atoms with E-state index in [2.05, 4.69) is 5.32 Å². The first kappa shape index (κ1) is 18.1. The molecule has 3 N–H and O–H groups in total. The van der Waals surface area contributed by atoms with Crippen molar-refractivity contribution in [3.63, 3.8) is 0 Å². The fourth-order valence-electron chi connectivity index (χ4n) is 2.14. The van der Waals surface area contributed by atoms with Gasteiger partial charge in [0.1, 0.15) is 6.61 Å². The Balaban J connectivity index is 1.99. The average molecular weight is 367 g/mol. The van der Waals surface area contributed by atoms with Crippen LogP contribution in [-0.2, 0) is 16.1 Å². The van der Waals surface area contributed by atoms with E-state index in [1.54, 1.807) is 48.5 Å². The third-order valence-corrected chi connectivity index (χ3v) is 3.74. The highest BCUT2D eigenvalue weighted by molar-refractivity contribution is 6.30. The minimum absolute atomic E-state index is 0.0505. The zero-order chi connectivity index (χ0) is 17.5. The molecule has 0 spiro atoms. The summed E-state index contributed by atoms with van der Waals surface area (Å²) in [5.74, 6) is -0.469. The molecular formula is C17H16Cl2N2O3. The van der Waals surface area contributed by atoms with Gasteiger partial charge in [-0.05, 0) is 35.4 Å². The molecule has 0 aliphatic rings. The van der Waals surface area contributed by atoms with Crippen LogP contribution in [0.2, 0.25) is 10.0 Å². The Hall–Kier alpha value is -2.24. The van der Waals surface area contributed by atoms with Crippen LogP contribution >= 0.6 is 23.2 Å². The molecule has 5 nitrogen and oxygen atoms in total. The molecule has 0 aliphatic heterocycles. The largest absolute Gasteiger partial charge is 0.461 e. The number of carbonyl (C=O) groups is 2. The summed E-state index contributed by atoms with van der Waals surface area (Å²) in [4.78, 5) is 23.2. The lowest BCUT2D eigenvalue weighted by atomic mass is 10.0. The summed E-state index contributed by atoms with van der Waals surface area (Å²) in [6.45, 7) is 0.100. The van der Waals surface area contributed by atoms with Crippen molar-refractivity contribution >= 4 is 35.2 Å². The van der Waals surface area contributed by atoms with Gasteiger partial charge in [0.05, 0.1) is 12.5 Å². The number of halogens is 2. The number of primary amides is 1. The van der Waals surface area contributed by atoms with E-state index < -0.39 is 18.0 Å². The van der Waals surface area contributed by atoms with Gasteiger partial charge < -0.3 is 15.8 Å². The molecule has 0 bridgehead atoms. The third-order valence-electron chi connectivity index (χ3n) is 3.25. The minimum atomic E-state index is -0.724. The van der Waals surface area contributed by atoms with Crippen molar-refractivity contribution in [1.29, 1.82) is 0 Å². The first-order chi connectivity index (χ1) is 11.4. The lowest BCUT2D eigenvalue weighted by molar-refractivity contribution is -0.145. The normalized spacial score (nSPS) is 11.6. The molecule has 2 amide bonds. The summed E-state index contributed by atoms with van der Waals surface area (Å²) in [5.41, 5.74) is 6.66. The predicted molar refractivity (Wildman–Crippen MR) is 92.8 cm³/mol. The highest BCUT2D eigenvalue weighted by atomic mass is 35.5. The molecule has 1 atom stereocenters. The summed E-state index contributed by atoms with van der Waals surface area (Å²) < 4.78 is 5.22. The molecule has 2 rings (SSSR count). The summed E-state index contributed by atoms with van der Waals surface area (Å²) in [6, 6.07) is 12.5. The number of nitrogens with one attached hydrogen (secondary N) is 1. The number of urea groups is 1. The average Bonchev–Trinajstić information content (AvgIpc) is 2.53. The van der Waals surface area contributed by atoms with Crippen LogP contribution < -0.4 is 11.1 Å². The molecule has 126 valence electrons. The van der Waals surface area contributed by atoms with Crippen molar-refractivity contribution in [2.45, 2.75) is 19.1 Å². The van der Waals surface area contributed by atoms with Gasteiger partial charge in [0.2, 0.25) is 0 Å². The maximum Gasteiger partial charge on any atom is 0.312 e. The van der Waals surface area contributed by atoms with Crippen LogP contribution in [0.25, 0.3) is 0 Å². The van der Waals surface area contributed by atoms with Crippen LogP contribution in [0.15, 0.2) is 48.5 Å². The van der Waals surface area contributed by atoms with Gasteiger partial charge in [0, 0.05) is 10.0 Å². The van der Waals surface area contributed by atoms with E-state index in [-0.39, 0.29) is 13.0 Å². The molecule has 0 radical (unpaired) electrons. The highest BCUT2D eigenvalue weighted by Crippen LogP contribution is 2.20. The number of hydrogen-bond donors (Lipinski definition) is 2. The third kappa shape index (κ3) is 5.76. The van der Waals surface area contributed by atoms with Gasteiger partial charge in [-0.1, -0.05) is 47.5 Å². The first-order valence-electron chi connectivity index (χ1n) is 7.15. The lowest BCUT2D eigenvalue weighted by Gasteiger charge is -2.17. The molecule has 2 aromatic rings. The summed E-state index contributed by atoms with van der Waals surface area (Å²) in [5, 5.41) is 3.65. The summed E-state index contributed by atoms with van der Waals surface area (Å²) >= 11 is 11.7. The zero-order valence-corrected chi connectivity index (χ0v) is 14.2. The number of carbonyl (C=O) groups excluding carboxylic acids is 2. The Kier molecular flexibility index (Phi) is 6.46. The Morgan fingerprint density at radius 2 is 1.79 bits per heavy atom. The molecule has 2 aromatic carbocycles. The van der Waals surface area contributed by atoms with Gasteiger partial charge in [0.15, 0.2) is 0 Å². The molecule has 7 heteroatoms. The van der Waals surface area contributed by atoms with E-state index in [4.69, 9.17) is 33.7 Å². The van der Waals surface area contributed by atoms with E-state index in [0.29, 0.717) is 15.6 Å². The van der Waals surface area contributed by atoms with Crippen molar-refractivity contribution in [3.05, 3.63) is 69.7 Å². The Bertz CT molecular complexity index is 720.